The minimum Gasteiger partial charge on any atom is -0.504 e. The van der Waals surface area contributed by atoms with Crippen LogP contribution in [0.15, 0.2) is 12.1 Å². The minimum absolute atomic E-state index is 0.125. The van der Waals surface area contributed by atoms with Crippen molar-refractivity contribution in [2.45, 2.75) is 75.0 Å². The summed E-state index contributed by atoms with van der Waals surface area (Å²) in [6.45, 7) is 4.01. The maximum absolute atomic E-state index is 12.4. The molecule has 1 aromatic rings. The zero-order valence-corrected chi connectivity index (χ0v) is 21.3. The van der Waals surface area contributed by atoms with Crippen molar-refractivity contribution < 1.29 is 19.4 Å². The van der Waals surface area contributed by atoms with Crippen LogP contribution in [0.25, 0.3) is 0 Å². The summed E-state index contributed by atoms with van der Waals surface area (Å²) in [5.74, 6) is 2.67. The Bertz CT molecular complexity index is 942. The topological polar surface area (TPSA) is 59.0 Å². The van der Waals surface area contributed by atoms with Crippen LogP contribution >= 0.6 is 22.6 Å². The molecule has 1 unspecified atom stereocenters. The number of Topliss-reactive ketones (excluding diaryl/α,β-unsaturated/α-hetero) is 1. The predicted octanol–water partition coefficient (Wildman–Crippen LogP) is 4.26. The van der Waals surface area contributed by atoms with Gasteiger partial charge in [0.2, 0.25) is 0 Å². The van der Waals surface area contributed by atoms with Gasteiger partial charge in [0.25, 0.3) is 0 Å². The van der Waals surface area contributed by atoms with E-state index in [4.69, 9.17) is 9.47 Å². The van der Waals surface area contributed by atoms with Crippen molar-refractivity contribution in [1.29, 1.82) is 0 Å². The lowest BCUT2D eigenvalue weighted by atomic mass is 9.65. The van der Waals surface area contributed by atoms with Gasteiger partial charge in [-0.05, 0) is 81.4 Å². The molecule has 6 atom stereocenters. The van der Waals surface area contributed by atoms with E-state index in [2.05, 4.69) is 33.6 Å². The number of nitrogens with zero attached hydrogens (tertiary/aromatic N) is 1. The minimum atomic E-state index is -0.537. The summed E-state index contributed by atoms with van der Waals surface area (Å²) in [4.78, 5) is 15.2. The molecule has 32 heavy (non-hydrogen) atoms. The summed E-state index contributed by atoms with van der Waals surface area (Å²) in [6, 6.07) is 4.47. The Balaban J connectivity index is 1.56. The summed E-state index contributed by atoms with van der Waals surface area (Å²) in [6.07, 6.45) is 7.25. The van der Waals surface area contributed by atoms with Crippen molar-refractivity contribution in [3.8, 4) is 11.5 Å². The lowest BCUT2D eigenvalue weighted by Gasteiger charge is -2.48. The molecular weight excluding hydrogens is 517 g/mol. The fourth-order valence-corrected chi connectivity index (χ4v) is 9.20. The molecule has 1 N–H and O–H groups in total. The van der Waals surface area contributed by atoms with Crippen molar-refractivity contribution in [2.75, 3.05) is 24.6 Å². The van der Waals surface area contributed by atoms with Gasteiger partial charge in [-0.15, -0.1) is 0 Å². The number of methoxy groups -OCH3 is 1. The van der Waals surface area contributed by atoms with Crippen LogP contribution in [-0.2, 0) is 21.4 Å². The van der Waals surface area contributed by atoms with Crippen LogP contribution in [0.2, 0.25) is 0 Å². The Morgan fingerprint density at radius 1 is 1.38 bits per heavy atom. The number of benzene rings is 1. The molecule has 3 aliphatic carbocycles. The second kappa shape index (κ2) is 7.57. The highest BCUT2D eigenvalue weighted by molar-refractivity contribution is 14.1. The van der Waals surface area contributed by atoms with Gasteiger partial charge in [0, 0.05) is 41.5 Å². The Morgan fingerprint density at radius 3 is 2.88 bits per heavy atom. The lowest BCUT2D eigenvalue weighted by Crippen LogP contribution is -2.60. The smallest absolute Gasteiger partial charge is 0.165 e. The van der Waals surface area contributed by atoms with E-state index in [1.54, 1.807) is 14.0 Å². The zero-order chi connectivity index (χ0) is 22.3. The monoisotopic (exact) mass is 551 g/mol. The molecule has 3 fully saturated rings. The molecular formula is C26H34INO4. The third-order valence-electron chi connectivity index (χ3n) is 9.41. The normalized spacial score (nSPS) is 39.8. The van der Waals surface area contributed by atoms with Gasteiger partial charge < -0.3 is 19.4 Å². The molecule has 5 aliphatic rings. The standard InChI is InChI=1S/C26H34INO4/c1-15(29)9-19-10-18-12-25-7-8-28(13-16-3-4-16)20(18)11-17-5-6-21(30)23(22(17)25)32-24(25)26(19,14-27)31-2/h5-6,16,18-20,24,30H,3-4,7-14H2,1-2H3/t18?,19-,20+,24+,25-,26+/m0/s1. The highest BCUT2D eigenvalue weighted by Crippen LogP contribution is 2.64. The van der Waals surface area contributed by atoms with Crippen LogP contribution in [0.4, 0.5) is 0 Å². The molecule has 2 aliphatic heterocycles. The molecule has 0 amide bonds. The van der Waals surface area contributed by atoms with Crippen LogP contribution in [-0.4, -0.2) is 58.2 Å². The fraction of sp³-hybridized carbons (Fsp3) is 0.731. The Kier molecular flexibility index (Phi) is 5.12. The first-order valence-electron chi connectivity index (χ1n) is 12.3. The van der Waals surface area contributed by atoms with Crippen molar-refractivity contribution in [1.82, 2.24) is 4.90 Å². The van der Waals surface area contributed by atoms with Crippen LogP contribution in [0.5, 0.6) is 11.5 Å². The first-order chi connectivity index (χ1) is 15.4. The highest BCUT2D eigenvalue weighted by Gasteiger charge is 2.67. The average molecular weight is 551 g/mol. The fourth-order valence-electron chi connectivity index (χ4n) is 7.86. The van der Waals surface area contributed by atoms with E-state index in [0.717, 1.165) is 42.6 Å². The molecule has 2 heterocycles. The highest BCUT2D eigenvalue weighted by atomic mass is 127. The number of hydrogen-bond donors (Lipinski definition) is 1. The van der Waals surface area contributed by atoms with E-state index in [1.807, 2.05) is 6.07 Å². The molecule has 6 rings (SSSR count). The van der Waals surface area contributed by atoms with Gasteiger partial charge in [-0.3, -0.25) is 4.90 Å². The Labute approximate surface area is 204 Å². The van der Waals surface area contributed by atoms with E-state index >= 15 is 0 Å². The van der Waals surface area contributed by atoms with E-state index in [-0.39, 0.29) is 29.0 Å². The number of ketones is 1. The second-order valence-corrected chi connectivity index (χ2v) is 11.9. The van der Waals surface area contributed by atoms with Gasteiger partial charge >= 0.3 is 0 Å². The van der Waals surface area contributed by atoms with Crippen LogP contribution in [0.3, 0.4) is 0 Å². The van der Waals surface area contributed by atoms with Crippen LogP contribution in [0, 0.1) is 17.8 Å². The van der Waals surface area contributed by atoms with Crippen molar-refractivity contribution in [2.24, 2.45) is 17.8 Å². The largest absolute Gasteiger partial charge is 0.504 e. The summed E-state index contributed by atoms with van der Waals surface area (Å²) in [5, 5.41) is 10.9. The van der Waals surface area contributed by atoms with Crippen LogP contribution < -0.4 is 4.74 Å². The number of phenolic OH excluding ortho intramolecular Hbond substituents is 1. The molecule has 0 aromatic heterocycles. The molecule has 3 bridgehead atoms. The van der Waals surface area contributed by atoms with E-state index in [9.17, 15) is 9.90 Å². The summed E-state index contributed by atoms with van der Waals surface area (Å²) >= 11 is 2.44. The predicted molar refractivity (Wildman–Crippen MR) is 131 cm³/mol. The zero-order valence-electron chi connectivity index (χ0n) is 19.1. The third-order valence-corrected chi connectivity index (χ3v) is 10.6. The number of aromatic hydroxyl groups is 1. The van der Waals surface area contributed by atoms with E-state index in [0.29, 0.717) is 24.1 Å². The molecule has 2 saturated carbocycles. The van der Waals surface area contributed by atoms with Gasteiger partial charge in [-0.2, -0.15) is 0 Å². The van der Waals surface area contributed by atoms with E-state index in [1.165, 1.54) is 30.5 Å². The van der Waals surface area contributed by atoms with Crippen molar-refractivity contribution >= 4 is 28.4 Å². The summed E-state index contributed by atoms with van der Waals surface area (Å²) in [5.41, 5.74) is 1.92. The van der Waals surface area contributed by atoms with Crippen LogP contribution in [0.1, 0.15) is 56.6 Å². The lowest BCUT2D eigenvalue weighted by molar-refractivity contribution is -0.137. The number of carbonyl (C=O) groups is 1. The number of carbonyl (C=O) groups excluding carboxylic acids is 1. The van der Waals surface area contributed by atoms with Gasteiger partial charge in [-0.25, -0.2) is 0 Å². The summed E-state index contributed by atoms with van der Waals surface area (Å²) < 4.78 is 14.0. The first-order valence-corrected chi connectivity index (χ1v) is 13.8. The van der Waals surface area contributed by atoms with Crippen molar-refractivity contribution in [3.63, 3.8) is 0 Å². The molecule has 6 heteroatoms. The Morgan fingerprint density at radius 2 is 2.19 bits per heavy atom. The number of hydrogen-bond acceptors (Lipinski definition) is 5. The van der Waals surface area contributed by atoms with Gasteiger partial charge in [-0.1, -0.05) is 28.7 Å². The molecule has 0 radical (unpaired) electrons. The molecule has 1 aromatic carbocycles. The number of rotatable bonds is 6. The molecule has 1 saturated heterocycles. The van der Waals surface area contributed by atoms with Crippen molar-refractivity contribution in [3.05, 3.63) is 23.3 Å². The van der Waals surface area contributed by atoms with Gasteiger partial charge in [0.15, 0.2) is 11.5 Å². The second-order valence-electron chi connectivity index (χ2n) is 11.2. The van der Waals surface area contributed by atoms with E-state index < -0.39 is 5.60 Å². The van der Waals surface area contributed by atoms with Gasteiger partial charge in [0.1, 0.15) is 17.5 Å². The maximum Gasteiger partial charge on any atom is 0.165 e. The number of ether oxygens (including phenoxy) is 2. The molecule has 174 valence electrons. The first kappa shape index (κ1) is 21.7. The third kappa shape index (κ3) is 2.97. The number of alkyl halides is 1. The molecule has 1 spiro atoms. The maximum atomic E-state index is 12.4. The Hall–Kier alpha value is -0.860. The quantitative estimate of drug-likeness (QED) is 0.423. The van der Waals surface area contributed by atoms with Gasteiger partial charge in [0.05, 0.1) is 0 Å². The SMILES string of the molecule is CO[C@]1(CI)[C@@H](CC(C)=O)CC2C[C@@]34CCN(CC5CC5)[C@@H]2Cc2ccc(O)c(c23)O[C@H]41. The average Bonchev–Trinajstić information content (AvgIpc) is 3.56. The number of likely N-dealkylation sites (tertiary alicyclic amines) is 1. The summed E-state index contributed by atoms with van der Waals surface area (Å²) in [7, 11) is 1.80. The molecule has 5 nitrogen and oxygen atoms in total. The number of halogens is 1. The number of phenols is 1.